The van der Waals surface area contributed by atoms with Gasteiger partial charge in [-0.25, -0.2) is 13.2 Å². The predicted molar refractivity (Wildman–Crippen MR) is 114 cm³/mol. The topological polar surface area (TPSA) is 96.7 Å². The van der Waals surface area contributed by atoms with Crippen LogP contribution in [0.5, 0.6) is 0 Å². The van der Waals surface area contributed by atoms with E-state index in [0.29, 0.717) is 11.5 Å². The third-order valence-electron chi connectivity index (χ3n) is 5.17. The van der Waals surface area contributed by atoms with Crippen molar-refractivity contribution in [2.45, 2.75) is 6.42 Å². The Kier molecular flexibility index (Phi) is 6.13. The zero-order valence-corrected chi connectivity index (χ0v) is 17.8. The molecule has 0 amide bonds. The van der Waals surface area contributed by atoms with Gasteiger partial charge in [-0.2, -0.15) is 0 Å². The summed E-state index contributed by atoms with van der Waals surface area (Å²) >= 11 is 0. The van der Waals surface area contributed by atoms with Crippen LogP contribution < -0.4 is 20.9 Å². The minimum absolute atomic E-state index is 0.292. The van der Waals surface area contributed by atoms with Gasteiger partial charge in [0.25, 0.3) is 5.56 Å². The van der Waals surface area contributed by atoms with Crippen LogP contribution in [0.3, 0.4) is 0 Å². The molecule has 1 aliphatic heterocycles. The van der Waals surface area contributed by atoms with Crippen molar-refractivity contribution in [3.63, 3.8) is 0 Å². The fourth-order valence-electron chi connectivity index (χ4n) is 3.47. The van der Waals surface area contributed by atoms with Gasteiger partial charge in [0.1, 0.15) is 5.82 Å². The molecule has 2 heterocycles. The molecule has 158 valence electrons. The molecule has 2 aromatic rings. The highest BCUT2D eigenvalue weighted by atomic mass is 32.2. The molecule has 0 atom stereocenters. The summed E-state index contributed by atoms with van der Waals surface area (Å²) in [5.41, 5.74) is 1.09. The monoisotopic (exact) mass is 421 g/mol. The van der Waals surface area contributed by atoms with E-state index in [0.717, 1.165) is 55.5 Å². The molecule has 1 saturated heterocycles. The summed E-state index contributed by atoms with van der Waals surface area (Å²) in [5, 5.41) is 0. The molecule has 0 bridgehead atoms. The Morgan fingerprint density at radius 3 is 2.17 bits per heavy atom. The number of hydrogen-bond acceptors (Lipinski definition) is 6. The van der Waals surface area contributed by atoms with Crippen molar-refractivity contribution in [3.8, 4) is 0 Å². The number of nitrogens with one attached hydrogen (secondary N) is 1. The van der Waals surface area contributed by atoms with Crippen LogP contribution >= 0.6 is 0 Å². The first-order valence-corrected chi connectivity index (χ1v) is 11.3. The van der Waals surface area contributed by atoms with Gasteiger partial charge in [-0.15, -0.1) is 0 Å². The van der Waals surface area contributed by atoms with E-state index in [1.165, 1.54) is 17.7 Å². The summed E-state index contributed by atoms with van der Waals surface area (Å²) in [4.78, 5) is 28.5. The lowest BCUT2D eigenvalue weighted by Gasteiger charge is -2.36. The van der Waals surface area contributed by atoms with E-state index in [9.17, 15) is 18.0 Å². The van der Waals surface area contributed by atoms with Crippen molar-refractivity contribution in [2.24, 2.45) is 14.1 Å². The highest BCUT2D eigenvalue weighted by Gasteiger charge is 2.20. The molecule has 0 radical (unpaired) electrons. The van der Waals surface area contributed by atoms with Gasteiger partial charge in [0.15, 0.2) is 0 Å². The first-order valence-electron chi connectivity index (χ1n) is 9.45. The second-order valence-corrected chi connectivity index (χ2v) is 9.14. The standard InChI is InChI=1S/C19H27N5O4S/c1-21-17(14-18(25)22(2)19(21)26)24-12-10-23(11-13-24)9-8-15-4-6-16(7-5-15)20-29(3,27)28/h4-7,14,20H,8-13H2,1-3H3. The van der Waals surface area contributed by atoms with Gasteiger partial charge in [-0.3, -0.25) is 23.6 Å². The van der Waals surface area contributed by atoms with Gasteiger partial charge in [0.05, 0.1) is 6.26 Å². The molecule has 1 N–H and O–H groups in total. The summed E-state index contributed by atoms with van der Waals surface area (Å²) in [6.45, 7) is 4.08. The molecule has 1 aliphatic rings. The number of anilines is 2. The van der Waals surface area contributed by atoms with Gasteiger partial charge < -0.3 is 4.90 Å². The average molecular weight is 422 g/mol. The summed E-state index contributed by atoms with van der Waals surface area (Å²) in [7, 11) is -0.0950. The highest BCUT2D eigenvalue weighted by Crippen LogP contribution is 2.14. The van der Waals surface area contributed by atoms with Crippen LogP contribution in [0, 0.1) is 0 Å². The molecule has 0 saturated carbocycles. The SMILES string of the molecule is Cn1c(N2CCN(CCc3ccc(NS(C)(=O)=O)cc3)CC2)cc(=O)n(C)c1=O. The van der Waals surface area contributed by atoms with Crippen molar-refractivity contribution >= 4 is 21.5 Å². The van der Waals surface area contributed by atoms with E-state index in [-0.39, 0.29) is 11.2 Å². The number of hydrogen-bond donors (Lipinski definition) is 1. The molecule has 10 heteroatoms. The van der Waals surface area contributed by atoms with Crippen LogP contribution in [-0.4, -0.2) is 61.4 Å². The Labute approximate surface area is 170 Å². The molecule has 0 spiro atoms. The third kappa shape index (κ3) is 5.27. The van der Waals surface area contributed by atoms with E-state index >= 15 is 0 Å². The van der Waals surface area contributed by atoms with Gasteiger partial charge in [-0.05, 0) is 24.1 Å². The van der Waals surface area contributed by atoms with Gasteiger partial charge in [0, 0.05) is 58.6 Å². The molecule has 0 unspecified atom stereocenters. The van der Waals surface area contributed by atoms with E-state index in [1.54, 1.807) is 19.2 Å². The Hall–Kier alpha value is -2.59. The molecule has 1 aromatic carbocycles. The van der Waals surface area contributed by atoms with Crippen LogP contribution in [-0.2, 0) is 30.5 Å². The zero-order chi connectivity index (χ0) is 21.2. The number of benzene rings is 1. The largest absolute Gasteiger partial charge is 0.355 e. The zero-order valence-electron chi connectivity index (χ0n) is 17.0. The number of aromatic nitrogens is 2. The van der Waals surface area contributed by atoms with Crippen molar-refractivity contribution in [3.05, 3.63) is 56.7 Å². The van der Waals surface area contributed by atoms with Gasteiger partial charge in [-0.1, -0.05) is 12.1 Å². The second kappa shape index (κ2) is 8.42. The van der Waals surface area contributed by atoms with Crippen molar-refractivity contribution in [1.82, 2.24) is 14.0 Å². The number of sulfonamides is 1. The summed E-state index contributed by atoms with van der Waals surface area (Å²) in [5.74, 6) is 0.659. The smallest absolute Gasteiger partial charge is 0.332 e. The Bertz CT molecular complexity index is 1080. The lowest BCUT2D eigenvalue weighted by Crippen LogP contribution is -2.49. The first kappa shape index (κ1) is 21.1. The van der Waals surface area contributed by atoms with Gasteiger partial charge >= 0.3 is 5.69 Å². The number of rotatable bonds is 6. The van der Waals surface area contributed by atoms with Crippen LogP contribution in [0.25, 0.3) is 0 Å². The van der Waals surface area contributed by atoms with E-state index in [1.807, 2.05) is 12.1 Å². The highest BCUT2D eigenvalue weighted by molar-refractivity contribution is 7.92. The fraction of sp³-hybridized carbons (Fsp3) is 0.474. The predicted octanol–water partition coefficient (Wildman–Crippen LogP) is -0.180. The third-order valence-corrected chi connectivity index (χ3v) is 5.78. The fourth-order valence-corrected chi connectivity index (χ4v) is 4.03. The first-order chi connectivity index (χ1) is 13.6. The molecule has 29 heavy (non-hydrogen) atoms. The van der Waals surface area contributed by atoms with E-state index < -0.39 is 10.0 Å². The van der Waals surface area contributed by atoms with Crippen LogP contribution in [0.2, 0.25) is 0 Å². The Morgan fingerprint density at radius 2 is 1.59 bits per heavy atom. The maximum Gasteiger partial charge on any atom is 0.332 e. The lowest BCUT2D eigenvalue weighted by atomic mass is 10.1. The molecule has 3 rings (SSSR count). The number of nitrogens with zero attached hydrogens (tertiary/aromatic N) is 4. The molecule has 1 fully saturated rings. The van der Waals surface area contributed by atoms with Crippen LogP contribution in [0.4, 0.5) is 11.5 Å². The maximum atomic E-state index is 12.1. The van der Waals surface area contributed by atoms with E-state index in [4.69, 9.17) is 0 Å². The Morgan fingerprint density at radius 1 is 0.966 bits per heavy atom. The van der Waals surface area contributed by atoms with E-state index in [2.05, 4.69) is 14.5 Å². The minimum Gasteiger partial charge on any atom is -0.355 e. The minimum atomic E-state index is -3.26. The number of piperazine rings is 1. The molecule has 0 aliphatic carbocycles. The lowest BCUT2D eigenvalue weighted by molar-refractivity contribution is 0.259. The molecule has 9 nitrogen and oxygen atoms in total. The summed E-state index contributed by atoms with van der Waals surface area (Å²) in [6, 6.07) is 8.91. The second-order valence-electron chi connectivity index (χ2n) is 7.39. The normalized spacial score (nSPS) is 15.5. The van der Waals surface area contributed by atoms with Crippen LogP contribution in [0.15, 0.2) is 39.9 Å². The molecular weight excluding hydrogens is 394 g/mol. The van der Waals surface area contributed by atoms with Crippen LogP contribution in [0.1, 0.15) is 5.56 Å². The summed E-state index contributed by atoms with van der Waals surface area (Å²) < 4.78 is 27.6. The molecule has 1 aromatic heterocycles. The maximum absolute atomic E-state index is 12.1. The van der Waals surface area contributed by atoms with Crippen molar-refractivity contribution in [2.75, 3.05) is 48.6 Å². The Balaban J connectivity index is 1.54. The quantitative estimate of drug-likeness (QED) is 0.695. The van der Waals surface area contributed by atoms with Crippen molar-refractivity contribution in [1.29, 1.82) is 0 Å². The molecular formula is C19H27N5O4S. The van der Waals surface area contributed by atoms with Gasteiger partial charge in [0.2, 0.25) is 10.0 Å². The average Bonchev–Trinajstić information content (AvgIpc) is 2.68. The summed E-state index contributed by atoms with van der Waals surface area (Å²) in [6.07, 6.45) is 2.00. The van der Waals surface area contributed by atoms with Crippen molar-refractivity contribution < 1.29 is 8.42 Å².